The van der Waals surface area contributed by atoms with Crippen LogP contribution in [0.2, 0.25) is 0 Å². The summed E-state index contributed by atoms with van der Waals surface area (Å²) in [6.45, 7) is 2.67. The Hall–Kier alpha value is -1.97. The fourth-order valence-electron chi connectivity index (χ4n) is 4.42. The Morgan fingerprint density at radius 1 is 1.21 bits per heavy atom. The molecule has 0 radical (unpaired) electrons. The van der Waals surface area contributed by atoms with Gasteiger partial charge in [-0.15, -0.1) is 0 Å². The highest BCUT2D eigenvalue weighted by atomic mass is 16.8. The first-order valence-corrected chi connectivity index (χ1v) is 10.1. The van der Waals surface area contributed by atoms with Crippen molar-refractivity contribution in [1.29, 1.82) is 0 Å². The van der Waals surface area contributed by atoms with Crippen LogP contribution in [-0.4, -0.2) is 44.4 Å². The molecule has 2 aliphatic rings. The number of piperidine rings is 1. The van der Waals surface area contributed by atoms with Crippen molar-refractivity contribution in [2.24, 2.45) is 20.0 Å². The summed E-state index contributed by atoms with van der Waals surface area (Å²) in [6, 6.07) is 0. The number of hydrogen-bond acceptors (Lipinski definition) is 6. The Labute approximate surface area is 163 Å². The third-order valence-electron chi connectivity index (χ3n) is 5.95. The van der Waals surface area contributed by atoms with E-state index in [-0.39, 0.29) is 11.2 Å². The second-order valence-corrected chi connectivity index (χ2v) is 7.91. The molecule has 0 aliphatic carbocycles. The molecule has 2 saturated heterocycles. The van der Waals surface area contributed by atoms with Crippen LogP contribution in [0.25, 0.3) is 11.2 Å². The molecule has 1 atom stereocenters. The summed E-state index contributed by atoms with van der Waals surface area (Å²) >= 11 is 0. The zero-order valence-electron chi connectivity index (χ0n) is 16.6. The summed E-state index contributed by atoms with van der Waals surface area (Å²) in [5.74, 6) is 0.0294. The van der Waals surface area contributed by atoms with Gasteiger partial charge in [0.15, 0.2) is 11.2 Å². The van der Waals surface area contributed by atoms with Crippen LogP contribution in [-0.2, 0) is 30.1 Å². The van der Waals surface area contributed by atoms with E-state index in [2.05, 4.69) is 10.3 Å². The summed E-state index contributed by atoms with van der Waals surface area (Å²) in [6.07, 6.45) is 7.57. The van der Waals surface area contributed by atoms with Crippen molar-refractivity contribution >= 4 is 11.2 Å². The lowest BCUT2D eigenvalue weighted by molar-refractivity contribution is -0.204. The van der Waals surface area contributed by atoms with E-state index in [0.717, 1.165) is 45.1 Å². The maximum absolute atomic E-state index is 12.7. The first-order chi connectivity index (χ1) is 13.5. The lowest BCUT2D eigenvalue weighted by atomic mass is 9.90. The number of hydrogen-bond donors (Lipinski definition) is 1. The van der Waals surface area contributed by atoms with Crippen LogP contribution in [0.5, 0.6) is 0 Å². The number of imidazole rings is 1. The van der Waals surface area contributed by atoms with Crippen molar-refractivity contribution in [3.8, 4) is 0 Å². The first-order valence-electron chi connectivity index (χ1n) is 10.1. The third kappa shape index (κ3) is 3.54. The van der Waals surface area contributed by atoms with Crippen LogP contribution in [0.4, 0.5) is 0 Å². The van der Waals surface area contributed by atoms with Crippen molar-refractivity contribution in [3.63, 3.8) is 0 Å². The lowest BCUT2D eigenvalue weighted by Crippen LogP contribution is -2.52. The molecule has 2 aliphatic heterocycles. The third-order valence-corrected chi connectivity index (χ3v) is 5.95. The first kappa shape index (κ1) is 19.4. The number of nitrogens with zero attached hydrogens (tertiary/aromatic N) is 4. The van der Waals surface area contributed by atoms with Crippen LogP contribution in [0.1, 0.15) is 38.5 Å². The highest BCUT2D eigenvalue weighted by molar-refractivity contribution is 5.69. The van der Waals surface area contributed by atoms with E-state index in [0.29, 0.717) is 36.8 Å². The van der Waals surface area contributed by atoms with Gasteiger partial charge in [-0.25, -0.2) is 9.78 Å². The van der Waals surface area contributed by atoms with Gasteiger partial charge in [-0.3, -0.25) is 19.2 Å². The monoisotopic (exact) mass is 391 g/mol. The molecule has 0 aromatic carbocycles. The summed E-state index contributed by atoms with van der Waals surface area (Å²) in [5.41, 5.74) is 0.351. The van der Waals surface area contributed by atoms with Gasteiger partial charge in [0.25, 0.3) is 5.56 Å². The van der Waals surface area contributed by atoms with Gasteiger partial charge in [0.05, 0.1) is 19.5 Å². The zero-order chi connectivity index (χ0) is 19.7. The Kier molecular flexibility index (Phi) is 5.39. The molecule has 4 heterocycles. The smallest absolute Gasteiger partial charge is 0.332 e. The van der Waals surface area contributed by atoms with E-state index in [1.807, 2.05) is 0 Å². The largest absolute Gasteiger partial charge is 0.335 e. The number of unbranched alkanes of at least 4 members (excludes halogenated alkanes) is 2. The minimum Gasteiger partial charge on any atom is -0.335 e. The molecule has 2 fully saturated rings. The Morgan fingerprint density at radius 2 is 2.00 bits per heavy atom. The van der Waals surface area contributed by atoms with E-state index in [9.17, 15) is 9.59 Å². The SMILES string of the molecule is Cn1cnc2c1c(=O)n(CCCCCC1CCNC3(C1)OCCO3)c(=O)n2C. The number of ether oxygens (including phenoxy) is 2. The number of nitrogens with one attached hydrogen (secondary N) is 1. The molecule has 1 spiro atoms. The second kappa shape index (κ2) is 7.81. The van der Waals surface area contributed by atoms with E-state index in [1.165, 1.54) is 9.13 Å². The number of aromatic nitrogens is 4. The molecule has 2 aromatic heterocycles. The summed E-state index contributed by atoms with van der Waals surface area (Å²) in [5, 5.41) is 3.36. The van der Waals surface area contributed by atoms with Crippen LogP contribution in [0.3, 0.4) is 0 Å². The fourth-order valence-corrected chi connectivity index (χ4v) is 4.42. The Bertz CT molecular complexity index is 954. The van der Waals surface area contributed by atoms with E-state index >= 15 is 0 Å². The van der Waals surface area contributed by atoms with Gasteiger partial charge in [0.2, 0.25) is 5.91 Å². The highest BCUT2D eigenvalue weighted by Crippen LogP contribution is 2.32. The number of rotatable bonds is 6. The quantitative estimate of drug-likeness (QED) is 0.729. The lowest BCUT2D eigenvalue weighted by Gasteiger charge is -2.37. The molecule has 4 rings (SSSR count). The molecule has 0 saturated carbocycles. The molecule has 154 valence electrons. The summed E-state index contributed by atoms with van der Waals surface area (Å²) in [7, 11) is 3.43. The van der Waals surface area contributed by atoms with Crippen LogP contribution < -0.4 is 16.6 Å². The molecular formula is C19H29N5O4. The van der Waals surface area contributed by atoms with E-state index in [1.54, 1.807) is 25.0 Å². The summed E-state index contributed by atoms with van der Waals surface area (Å²) in [4.78, 5) is 29.4. The molecule has 0 bridgehead atoms. The molecule has 1 N–H and O–H groups in total. The molecule has 28 heavy (non-hydrogen) atoms. The molecule has 9 heteroatoms. The topological polar surface area (TPSA) is 92.3 Å². The van der Waals surface area contributed by atoms with Gasteiger partial charge in [0.1, 0.15) is 0 Å². The average Bonchev–Trinajstić information content (AvgIpc) is 3.29. The van der Waals surface area contributed by atoms with Crippen molar-refractivity contribution in [3.05, 3.63) is 27.2 Å². The highest BCUT2D eigenvalue weighted by Gasteiger charge is 2.40. The van der Waals surface area contributed by atoms with Gasteiger partial charge < -0.3 is 14.0 Å². The number of fused-ring (bicyclic) bond motifs is 1. The van der Waals surface area contributed by atoms with Crippen molar-refractivity contribution in [2.75, 3.05) is 19.8 Å². The summed E-state index contributed by atoms with van der Waals surface area (Å²) < 4.78 is 16.0. The standard InChI is InChI=1S/C19H29N5O4/c1-22-13-20-16-15(22)17(25)24(18(26)23(16)2)9-5-3-4-6-14-7-8-21-19(12-14)27-10-11-28-19/h13-14,21H,3-12H2,1-2H3. The molecular weight excluding hydrogens is 362 g/mol. The van der Waals surface area contributed by atoms with Crippen molar-refractivity contribution in [2.45, 2.75) is 51.0 Å². The Balaban J connectivity index is 1.32. The van der Waals surface area contributed by atoms with Crippen molar-refractivity contribution < 1.29 is 9.47 Å². The zero-order valence-corrected chi connectivity index (χ0v) is 16.6. The van der Waals surface area contributed by atoms with Crippen LogP contribution in [0, 0.1) is 5.92 Å². The molecule has 9 nitrogen and oxygen atoms in total. The van der Waals surface area contributed by atoms with E-state index in [4.69, 9.17) is 9.47 Å². The maximum atomic E-state index is 12.7. The van der Waals surface area contributed by atoms with Gasteiger partial charge in [-0.1, -0.05) is 19.3 Å². The second-order valence-electron chi connectivity index (χ2n) is 7.91. The van der Waals surface area contributed by atoms with Crippen molar-refractivity contribution in [1.82, 2.24) is 24.0 Å². The normalized spacial score (nSPS) is 21.7. The van der Waals surface area contributed by atoms with Crippen LogP contribution in [0.15, 0.2) is 15.9 Å². The minimum absolute atomic E-state index is 0.256. The van der Waals surface area contributed by atoms with Gasteiger partial charge in [0, 0.05) is 33.6 Å². The van der Waals surface area contributed by atoms with Gasteiger partial charge >= 0.3 is 5.69 Å². The predicted octanol–water partition coefficient (Wildman–Crippen LogP) is 0.694. The maximum Gasteiger partial charge on any atom is 0.332 e. The minimum atomic E-state index is -0.555. The fraction of sp³-hybridized carbons (Fsp3) is 0.737. The van der Waals surface area contributed by atoms with Gasteiger partial charge in [-0.2, -0.15) is 0 Å². The molecule has 1 unspecified atom stereocenters. The molecule has 0 amide bonds. The van der Waals surface area contributed by atoms with E-state index < -0.39 is 5.91 Å². The Morgan fingerprint density at radius 3 is 2.79 bits per heavy atom. The molecule has 2 aromatic rings. The van der Waals surface area contributed by atoms with Crippen LogP contribution >= 0.6 is 0 Å². The van der Waals surface area contributed by atoms with Gasteiger partial charge in [-0.05, 0) is 18.8 Å². The number of aryl methyl sites for hydroxylation is 2. The average molecular weight is 391 g/mol. The predicted molar refractivity (Wildman–Crippen MR) is 104 cm³/mol.